The second-order valence-electron chi connectivity index (χ2n) is 11.9. The fourth-order valence-corrected chi connectivity index (χ4v) is 7.22. The molecule has 0 radical (unpaired) electrons. The summed E-state index contributed by atoms with van der Waals surface area (Å²) < 4.78 is 4.96. The normalized spacial score (nSPS) is 13.7. The van der Waals surface area contributed by atoms with Crippen LogP contribution >= 0.6 is 0 Å². The van der Waals surface area contributed by atoms with Gasteiger partial charge in [-0.3, -0.25) is 0 Å². The zero-order valence-corrected chi connectivity index (χ0v) is 24.0. The molecule has 0 N–H and O–H groups in total. The third-order valence-corrected chi connectivity index (χ3v) is 9.50. The predicted octanol–water partition coefficient (Wildman–Crippen LogP) is 8.11. The molecule has 0 bridgehead atoms. The Labute approximate surface area is 241 Å². The highest BCUT2D eigenvalue weighted by Gasteiger charge is 2.37. The summed E-state index contributed by atoms with van der Waals surface area (Å²) in [6.45, 7) is 8.90. The Morgan fingerprint density at radius 3 is 2.12 bits per heavy atom. The van der Waals surface area contributed by atoms with Crippen molar-refractivity contribution in [3.63, 3.8) is 0 Å². The topological polar surface area (TPSA) is 7.76 Å². The van der Waals surface area contributed by atoms with E-state index >= 15 is 0 Å². The van der Waals surface area contributed by atoms with E-state index in [1.807, 2.05) is 0 Å². The Bertz CT molecular complexity index is 2080. The van der Waals surface area contributed by atoms with E-state index in [9.17, 15) is 0 Å². The van der Waals surface area contributed by atoms with Crippen molar-refractivity contribution in [2.75, 3.05) is 0 Å². The van der Waals surface area contributed by atoms with E-state index in [1.54, 1.807) is 0 Å². The van der Waals surface area contributed by atoms with Crippen molar-refractivity contribution in [1.82, 2.24) is 0 Å². The second kappa shape index (κ2) is 9.24. The first-order valence-corrected chi connectivity index (χ1v) is 14.8. The van der Waals surface area contributed by atoms with E-state index in [-0.39, 0.29) is 0 Å². The van der Waals surface area contributed by atoms with Crippen LogP contribution in [0.1, 0.15) is 38.9 Å². The number of benzene rings is 4. The van der Waals surface area contributed by atoms with Crippen molar-refractivity contribution in [3.8, 4) is 22.5 Å². The van der Waals surface area contributed by atoms with E-state index in [1.165, 1.54) is 83.0 Å². The maximum atomic E-state index is 2.49. The molecule has 8 rings (SSSR count). The zero-order chi connectivity index (χ0) is 27.7. The number of hydrogen-bond donors (Lipinski definition) is 0. The number of hydrogen-bond acceptors (Lipinski definition) is 0. The van der Waals surface area contributed by atoms with Crippen molar-refractivity contribution in [2.24, 2.45) is 0 Å². The summed E-state index contributed by atoms with van der Waals surface area (Å²) in [5, 5.41) is 5.24. The molecule has 0 amide bonds. The molecule has 0 spiro atoms. The fraction of sp³-hybridized carbons (Fsp3) is 0.179. The average Bonchev–Trinajstić information content (AvgIpc) is 3.01. The number of fused-ring (bicyclic) bond motifs is 10. The second-order valence-corrected chi connectivity index (χ2v) is 11.9. The summed E-state index contributed by atoms with van der Waals surface area (Å²) >= 11 is 0. The van der Waals surface area contributed by atoms with Crippen molar-refractivity contribution in [2.45, 2.75) is 46.7 Å². The molecule has 2 aliphatic rings. The number of aromatic nitrogens is 2. The smallest absolute Gasteiger partial charge is 0.198 e. The van der Waals surface area contributed by atoms with Gasteiger partial charge in [-0.1, -0.05) is 66.2 Å². The van der Waals surface area contributed by atoms with Crippen LogP contribution in [0.2, 0.25) is 0 Å². The summed E-state index contributed by atoms with van der Waals surface area (Å²) in [7, 11) is 0. The summed E-state index contributed by atoms with van der Waals surface area (Å²) in [5.41, 5.74) is 15.4. The van der Waals surface area contributed by atoms with Crippen LogP contribution in [0.25, 0.3) is 56.2 Å². The third-order valence-electron chi connectivity index (χ3n) is 9.50. The molecule has 0 unspecified atom stereocenters. The first-order chi connectivity index (χ1) is 20.0. The van der Waals surface area contributed by atoms with Gasteiger partial charge in [0.1, 0.15) is 0 Å². The highest BCUT2D eigenvalue weighted by Crippen LogP contribution is 2.44. The molecule has 2 nitrogen and oxygen atoms in total. The summed E-state index contributed by atoms with van der Waals surface area (Å²) in [6, 6.07) is 29.3. The Balaban J connectivity index is 1.31. The molecule has 41 heavy (non-hydrogen) atoms. The largest absolute Gasteiger partial charge is 0.221 e. The van der Waals surface area contributed by atoms with Crippen molar-refractivity contribution < 1.29 is 9.13 Å². The standard InChI is InChI=1S/C39H34N2/c1-25-8-12-32-23-28(11-13-31(32)22-25)9-10-29-14-18-40-20-16-33-26(2)27(3)34-17-21-41-19-15-30-6-4-5-7-35(30)39(41)38(34)37(33)36(40)24-29/h4-15,18-19,22-24H,16-17,20-21H2,1-3H3/q+2/b10-9+. The molecular weight excluding hydrogens is 496 g/mol. The predicted molar refractivity (Wildman–Crippen MR) is 170 cm³/mol. The van der Waals surface area contributed by atoms with E-state index in [0.717, 1.165) is 25.9 Å². The van der Waals surface area contributed by atoms with Crippen LogP contribution in [-0.4, -0.2) is 0 Å². The molecule has 0 saturated carbocycles. The van der Waals surface area contributed by atoms with Gasteiger partial charge in [-0.25, -0.2) is 0 Å². The lowest BCUT2D eigenvalue weighted by molar-refractivity contribution is -0.689. The Kier molecular flexibility index (Phi) is 5.47. The first kappa shape index (κ1) is 24.3. The van der Waals surface area contributed by atoms with Gasteiger partial charge in [0.15, 0.2) is 25.5 Å². The summed E-state index contributed by atoms with van der Waals surface area (Å²) in [4.78, 5) is 0. The number of aryl methyl sites for hydroxylation is 3. The van der Waals surface area contributed by atoms with Crippen LogP contribution < -0.4 is 9.13 Å². The molecule has 0 aliphatic carbocycles. The number of rotatable bonds is 2. The Hall–Kier alpha value is -4.56. The van der Waals surface area contributed by atoms with Crippen molar-refractivity contribution in [1.29, 1.82) is 0 Å². The van der Waals surface area contributed by atoms with Crippen LogP contribution in [0.3, 0.4) is 0 Å². The van der Waals surface area contributed by atoms with Crippen LogP contribution in [0, 0.1) is 20.8 Å². The third kappa shape index (κ3) is 3.85. The minimum atomic E-state index is 1.02. The Morgan fingerprint density at radius 2 is 1.27 bits per heavy atom. The molecule has 2 aliphatic heterocycles. The molecule has 2 heteroatoms. The Morgan fingerprint density at radius 1 is 0.585 bits per heavy atom. The number of nitrogens with zero attached hydrogens (tertiary/aromatic N) is 2. The minimum absolute atomic E-state index is 1.02. The van der Waals surface area contributed by atoms with Gasteiger partial charge in [0, 0.05) is 31.0 Å². The molecule has 0 saturated heterocycles. The van der Waals surface area contributed by atoms with Gasteiger partial charge in [0.2, 0.25) is 11.4 Å². The average molecular weight is 531 g/mol. The molecular formula is C39H34N2+2. The zero-order valence-electron chi connectivity index (χ0n) is 24.0. The maximum absolute atomic E-state index is 2.49. The first-order valence-electron chi connectivity index (χ1n) is 14.8. The molecule has 0 fully saturated rings. The SMILES string of the molecule is Cc1ccc2cc(/C=C/c3cc[n+]4c(c3)-c3c(c(C)c(C)c5c3-c3c6ccccc6cc[n+]3CC5)CC4)ccc2c1. The molecule has 0 atom stereocenters. The minimum Gasteiger partial charge on any atom is -0.198 e. The molecule has 198 valence electrons. The molecule has 2 aromatic heterocycles. The monoisotopic (exact) mass is 530 g/mol. The van der Waals surface area contributed by atoms with E-state index in [0.29, 0.717) is 0 Å². The summed E-state index contributed by atoms with van der Waals surface area (Å²) in [6.07, 6.45) is 11.3. The van der Waals surface area contributed by atoms with E-state index < -0.39 is 0 Å². The van der Waals surface area contributed by atoms with Crippen LogP contribution in [0.15, 0.2) is 91.3 Å². The lowest BCUT2D eigenvalue weighted by Gasteiger charge is -2.27. The molecule has 4 aromatic carbocycles. The van der Waals surface area contributed by atoms with E-state index in [2.05, 4.69) is 133 Å². The van der Waals surface area contributed by atoms with Crippen molar-refractivity contribution in [3.05, 3.63) is 130 Å². The van der Waals surface area contributed by atoms with Crippen LogP contribution in [0.5, 0.6) is 0 Å². The molecule has 6 aromatic rings. The fourth-order valence-electron chi connectivity index (χ4n) is 7.22. The van der Waals surface area contributed by atoms with Gasteiger partial charge >= 0.3 is 0 Å². The maximum Gasteiger partial charge on any atom is 0.221 e. The van der Waals surface area contributed by atoms with Crippen LogP contribution in [-0.2, 0) is 25.9 Å². The highest BCUT2D eigenvalue weighted by atomic mass is 15.0. The summed E-state index contributed by atoms with van der Waals surface area (Å²) in [5.74, 6) is 0. The quantitative estimate of drug-likeness (QED) is 0.200. The van der Waals surface area contributed by atoms with E-state index in [4.69, 9.17) is 0 Å². The van der Waals surface area contributed by atoms with Gasteiger partial charge in [0.05, 0.1) is 16.5 Å². The van der Waals surface area contributed by atoms with Gasteiger partial charge in [-0.15, -0.1) is 0 Å². The van der Waals surface area contributed by atoms with Gasteiger partial charge < -0.3 is 0 Å². The van der Waals surface area contributed by atoms with Gasteiger partial charge in [-0.05, 0) is 82.4 Å². The highest BCUT2D eigenvalue weighted by molar-refractivity contribution is 5.99. The van der Waals surface area contributed by atoms with Crippen LogP contribution in [0.4, 0.5) is 0 Å². The van der Waals surface area contributed by atoms with Gasteiger partial charge in [0.25, 0.3) is 0 Å². The number of pyridine rings is 2. The molecule has 4 heterocycles. The lowest BCUT2D eigenvalue weighted by atomic mass is 9.79. The van der Waals surface area contributed by atoms with Gasteiger partial charge in [-0.2, -0.15) is 9.13 Å². The van der Waals surface area contributed by atoms with Crippen molar-refractivity contribution >= 4 is 33.7 Å². The lowest BCUT2D eigenvalue weighted by Crippen LogP contribution is -2.43.